The van der Waals surface area contributed by atoms with Crippen molar-refractivity contribution in [3.8, 4) is 5.75 Å². The molecule has 0 radical (unpaired) electrons. The molecule has 2 aliphatic heterocycles. The van der Waals surface area contributed by atoms with Gasteiger partial charge in [0.25, 0.3) is 0 Å². The van der Waals surface area contributed by atoms with Gasteiger partial charge in [-0.1, -0.05) is 26.0 Å². The molecule has 0 unspecified atom stereocenters. The van der Waals surface area contributed by atoms with Crippen molar-refractivity contribution in [3.63, 3.8) is 0 Å². The van der Waals surface area contributed by atoms with E-state index >= 15 is 0 Å². The maximum Gasteiger partial charge on any atom is 0.142 e. The molecule has 2 heterocycles. The largest absolute Gasteiger partial charge is 0.489 e. The van der Waals surface area contributed by atoms with E-state index in [4.69, 9.17) is 9.47 Å². The first kappa shape index (κ1) is 15.6. The molecule has 1 atom stereocenters. The molecule has 2 aliphatic rings. The summed E-state index contributed by atoms with van der Waals surface area (Å²) >= 11 is 0. The molecule has 4 heteroatoms. The van der Waals surface area contributed by atoms with Gasteiger partial charge in [0, 0.05) is 26.2 Å². The van der Waals surface area contributed by atoms with Crippen molar-refractivity contribution in [2.75, 3.05) is 44.7 Å². The monoisotopic (exact) mass is 304 g/mol. The second-order valence-corrected chi connectivity index (χ2v) is 6.78. The predicted molar refractivity (Wildman–Crippen MR) is 89.8 cm³/mol. The third kappa shape index (κ3) is 3.93. The van der Waals surface area contributed by atoms with Crippen molar-refractivity contribution in [2.24, 2.45) is 5.92 Å². The van der Waals surface area contributed by atoms with E-state index in [2.05, 4.69) is 42.3 Å². The van der Waals surface area contributed by atoms with E-state index in [0.29, 0.717) is 12.5 Å². The summed E-state index contributed by atoms with van der Waals surface area (Å²) in [6.07, 6.45) is 2.51. The lowest BCUT2D eigenvalue weighted by atomic mass is 10.0. The molecule has 1 aromatic rings. The number of rotatable bonds is 5. The van der Waals surface area contributed by atoms with Crippen LogP contribution in [0, 0.1) is 5.92 Å². The van der Waals surface area contributed by atoms with E-state index in [-0.39, 0.29) is 6.10 Å². The van der Waals surface area contributed by atoms with Crippen molar-refractivity contribution in [3.05, 3.63) is 23.8 Å². The van der Waals surface area contributed by atoms with Gasteiger partial charge in [-0.25, -0.2) is 0 Å². The normalized spacial score (nSPS) is 22.2. The van der Waals surface area contributed by atoms with Crippen molar-refractivity contribution in [1.82, 2.24) is 4.90 Å². The maximum atomic E-state index is 6.08. The number of benzene rings is 1. The number of aryl methyl sites for hydroxylation is 1. The van der Waals surface area contributed by atoms with Gasteiger partial charge in [0.1, 0.15) is 18.5 Å². The minimum atomic E-state index is 0.173. The molecule has 0 bridgehead atoms. The topological polar surface area (TPSA) is 33.7 Å². The lowest BCUT2D eigenvalue weighted by molar-refractivity contribution is -0.0504. The molecule has 0 amide bonds. The van der Waals surface area contributed by atoms with Crippen molar-refractivity contribution in [1.29, 1.82) is 0 Å². The van der Waals surface area contributed by atoms with Crippen LogP contribution in [0.1, 0.15) is 25.8 Å². The highest BCUT2D eigenvalue weighted by Crippen LogP contribution is 2.32. The molecule has 0 aromatic heterocycles. The molecule has 0 aliphatic carbocycles. The number of morpholine rings is 1. The van der Waals surface area contributed by atoms with E-state index < -0.39 is 0 Å². The molecule has 1 N–H and O–H groups in total. The number of fused-ring (bicyclic) bond motifs is 1. The second kappa shape index (κ2) is 7.34. The quantitative estimate of drug-likeness (QED) is 0.907. The molecule has 0 saturated carbocycles. The van der Waals surface area contributed by atoms with Crippen LogP contribution >= 0.6 is 0 Å². The van der Waals surface area contributed by atoms with Crippen LogP contribution in [-0.2, 0) is 11.2 Å². The van der Waals surface area contributed by atoms with Crippen LogP contribution in [-0.4, -0.2) is 50.4 Å². The maximum absolute atomic E-state index is 6.08. The number of anilines is 1. The van der Waals surface area contributed by atoms with Gasteiger partial charge in [-0.2, -0.15) is 0 Å². The summed E-state index contributed by atoms with van der Waals surface area (Å²) in [5, 5.41) is 3.48. The summed E-state index contributed by atoms with van der Waals surface area (Å²) in [6, 6.07) is 6.34. The summed E-state index contributed by atoms with van der Waals surface area (Å²) in [6.45, 7) is 10.2. The van der Waals surface area contributed by atoms with E-state index in [1.807, 2.05) is 0 Å². The van der Waals surface area contributed by atoms with Gasteiger partial charge in [0.05, 0.1) is 12.3 Å². The highest BCUT2D eigenvalue weighted by Gasteiger charge is 2.22. The summed E-state index contributed by atoms with van der Waals surface area (Å²) in [5.74, 6) is 1.67. The summed E-state index contributed by atoms with van der Waals surface area (Å²) in [7, 11) is 0. The number of nitrogens with one attached hydrogen (secondary N) is 1. The Morgan fingerprint density at radius 2 is 2.32 bits per heavy atom. The predicted octanol–water partition coefficient (Wildman–Crippen LogP) is 2.78. The lowest BCUT2D eigenvalue weighted by Crippen LogP contribution is -2.46. The van der Waals surface area contributed by atoms with E-state index in [1.54, 1.807) is 0 Å². The molecular weight excluding hydrogens is 276 g/mol. The molecule has 1 aromatic carbocycles. The first-order chi connectivity index (χ1) is 10.7. The lowest BCUT2D eigenvalue weighted by Gasteiger charge is -2.34. The fourth-order valence-corrected chi connectivity index (χ4v) is 3.34. The van der Waals surface area contributed by atoms with Crippen molar-refractivity contribution in [2.45, 2.75) is 32.8 Å². The Hall–Kier alpha value is -1.26. The standard InChI is InChI=1S/C18H28N2O2/c1-14(2)11-20-9-10-21-16(12-20)13-22-17-7-3-5-15-6-4-8-19-18(15)17/h3,5,7,14,16,19H,4,6,8-13H2,1-2H3/t16-/m0/s1. The van der Waals surface area contributed by atoms with Gasteiger partial charge >= 0.3 is 0 Å². The number of nitrogens with zero attached hydrogens (tertiary/aromatic N) is 1. The molecule has 3 rings (SSSR count). The molecule has 1 fully saturated rings. The van der Waals surface area contributed by atoms with Crippen molar-refractivity contribution >= 4 is 5.69 Å². The minimum absolute atomic E-state index is 0.173. The first-order valence-corrected chi connectivity index (χ1v) is 8.55. The Morgan fingerprint density at radius 1 is 1.41 bits per heavy atom. The second-order valence-electron chi connectivity index (χ2n) is 6.78. The number of hydrogen-bond acceptors (Lipinski definition) is 4. The van der Waals surface area contributed by atoms with Crippen LogP contribution in [0.25, 0.3) is 0 Å². The van der Waals surface area contributed by atoms with Gasteiger partial charge in [-0.15, -0.1) is 0 Å². The average molecular weight is 304 g/mol. The Balaban J connectivity index is 1.56. The summed E-state index contributed by atoms with van der Waals surface area (Å²) < 4.78 is 12.0. The number of ether oxygens (including phenoxy) is 2. The van der Waals surface area contributed by atoms with Crippen LogP contribution < -0.4 is 10.1 Å². The Labute approximate surface area is 133 Å². The van der Waals surface area contributed by atoms with Gasteiger partial charge < -0.3 is 14.8 Å². The highest BCUT2D eigenvalue weighted by atomic mass is 16.5. The average Bonchev–Trinajstić information content (AvgIpc) is 2.52. The fraction of sp³-hybridized carbons (Fsp3) is 0.667. The van der Waals surface area contributed by atoms with Gasteiger partial charge in [0.15, 0.2) is 0 Å². The first-order valence-electron chi connectivity index (χ1n) is 8.55. The van der Waals surface area contributed by atoms with E-state index in [1.165, 1.54) is 17.7 Å². The number of para-hydroxylation sites is 1. The Kier molecular flexibility index (Phi) is 5.21. The summed E-state index contributed by atoms with van der Waals surface area (Å²) in [5.41, 5.74) is 2.55. The molecular formula is C18H28N2O2. The Bertz CT molecular complexity index is 490. The SMILES string of the molecule is CC(C)CN1CCO[C@H](COc2cccc3c2NCCC3)C1. The zero-order valence-corrected chi connectivity index (χ0v) is 13.8. The van der Waals surface area contributed by atoms with Crippen LogP contribution in [0.4, 0.5) is 5.69 Å². The number of hydrogen-bond donors (Lipinski definition) is 1. The minimum Gasteiger partial charge on any atom is -0.489 e. The Morgan fingerprint density at radius 3 is 3.18 bits per heavy atom. The zero-order chi connectivity index (χ0) is 15.4. The van der Waals surface area contributed by atoms with Gasteiger partial charge in [0.2, 0.25) is 0 Å². The zero-order valence-electron chi connectivity index (χ0n) is 13.8. The third-order valence-corrected chi connectivity index (χ3v) is 4.31. The van der Waals surface area contributed by atoms with Crippen LogP contribution in [0.3, 0.4) is 0 Å². The van der Waals surface area contributed by atoms with Gasteiger partial charge in [-0.3, -0.25) is 4.90 Å². The van der Waals surface area contributed by atoms with Crippen LogP contribution in [0.15, 0.2) is 18.2 Å². The fourth-order valence-electron chi connectivity index (χ4n) is 3.34. The molecule has 122 valence electrons. The van der Waals surface area contributed by atoms with Crippen molar-refractivity contribution < 1.29 is 9.47 Å². The summed E-state index contributed by atoms with van der Waals surface area (Å²) in [4.78, 5) is 2.49. The highest BCUT2D eigenvalue weighted by molar-refractivity contribution is 5.63. The van der Waals surface area contributed by atoms with Crippen LogP contribution in [0.2, 0.25) is 0 Å². The van der Waals surface area contributed by atoms with E-state index in [0.717, 1.165) is 45.0 Å². The van der Waals surface area contributed by atoms with Crippen LogP contribution in [0.5, 0.6) is 5.75 Å². The van der Waals surface area contributed by atoms with Gasteiger partial charge in [-0.05, 0) is 30.4 Å². The molecule has 22 heavy (non-hydrogen) atoms. The smallest absolute Gasteiger partial charge is 0.142 e. The molecule has 0 spiro atoms. The molecule has 4 nitrogen and oxygen atoms in total. The third-order valence-electron chi connectivity index (χ3n) is 4.31. The molecule has 1 saturated heterocycles. The van der Waals surface area contributed by atoms with E-state index in [9.17, 15) is 0 Å².